The first kappa shape index (κ1) is 12.8. The monoisotopic (exact) mass is 245 g/mol. The van der Waals surface area contributed by atoms with Gasteiger partial charge in [0.05, 0.1) is 0 Å². The zero-order valence-electron chi connectivity index (χ0n) is 10.8. The molecular weight excluding hydrogens is 226 g/mol. The van der Waals surface area contributed by atoms with E-state index in [0.29, 0.717) is 11.6 Å². The van der Waals surface area contributed by atoms with Gasteiger partial charge in [0, 0.05) is 12.7 Å². The van der Waals surface area contributed by atoms with Crippen molar-refractivity contribution in [3.8, 4) is 6.07 Å². The molecule has 1 aromatic heterocycles. The second kappa shape index (κ2) is 6.31. The number of piperidine rings is 1. The number of rotatable bonds is 4. The van der Waals surface area contributed by atoms with Gasteiger partial charge in [0.1, 0.15) is 11.8 Å². The molecule has 1 saturated heterocycles. The van der Waals surface area contributed by atoms with E-state index in [1.807, 2.05) is 6.07 Å². The lowest BCUT2D eigenvalue weighted by atomic mass is 9.94. The molecule has 18 heavy (non-hydrogen) atoms. The summed E-state index contributed by atoms with van der Waals surface area (Å²) in [6.45, 7) is 3.28. The number of nitrogens with one attached hydrogen (secondary N) is 1. The molecule has 0 amide bonds. The lowest BCUT2D eigenvalue weighted by Gasteiger charge is -2.28. The molecule has 96 valence electrons. The summed E-state index contributed by atoms with van der Waals surface area (Å²) >= 11 is 0. The van der Waals surface area contributed by atoms with Crippen molar-refractivity contribution in [2.75, 3.05) is 32.0 Å². The molecule has 0 spiro atoms. The van der Waals surface area contributed by atoms with Gasteiger partial charge in [-0.05, 0) is 51.4 Å². The smallest absolute Gasteiger partial charge is 0.223 e. The van der Waals surface area contributed by atoms with Crippen LogP contribution < -0.4 is 5.32 Å². The molecule has 5 heteroatoms. The van der Waals surface area contributed by atoms with Crippen LogP contribution in [0.1, 0.15) is 25.0 Å². The van der Waals surface area contributed by atoms with E-state index in [9.17, 15) is 0 Å². The van der Waals surface area contributed by atoms with Crippen molar-refractivity contribution in [3.63, 3.8) is 0 Å². The fourth-order valence-electron chi connectivity index (χ4n) is 2.24. The van der Waals surface area contributed by atoms with Crippen LogP contribution in [0.3, 0.4) is 0 Å². The first-order valence-corrected chi connectivity index (χ1v) is 6.43. The fraction of sp³-hybridized carbons (Fsp3) is 0.615. The lowest BCUT2D eigenvalue weighted by Crippen LogP contribution is -2.30. The maximum Gasteiger partial charge on any atom is 0.223 e. The number of hydrogen-bond acceptors (Lipinski definition) is 5. The van der Waals surface area contributed by atoms with E-state index in [1.54, 1.807) is 12.3 Å². The number of likely N-dealkylation sites (tertiary alicyclic amines) is 1. The van der Waals surface area contributed by atoms with Crippen LogP contribution >= 0.6 is 0 Å². The van der Waals surface area contributed by atoms with Crippen molar-refractivity contribution in [2.24, 2.45) is 5.92 Å². The van der Waals surface area contributed by atoms with Gasteiger partial charge >= 0.3 is 0 Å². The van der Waals surface area contributed by atoms with Gasteiger partial charge in [-0.3, -0.25) is 0 Å². The highest BCUT2D eigenvalue weighted by molar-refractivity contribution is 5.29. The van der Waals surface area contributed by atoms with E-state index in [0.717, 1.165) is 18.9 Å². The van der Waals surface area contributed by atoms with Crippen LogP contribution in [0.25, 0.3) is 0 Å². The number of nitriles is 1. The van der Waals surface area contributed by atoms with Crippen LogP contribution in [0.2, 0.25) is 0 Å². The first-order chi connectivity index (χ1) is 8.78. The highest BCUT2D eigenvalue weighted by Gasteiger charge is 2.15. The Kier molecular flexibility index (Phi) is 4.48. The van der Waals surface area contributed by atoms with Crippen molar-refractivity contribution in [1.29, 1.82) is 5.26 Å². The molecule has 2 rings (SSSR count). The summed E-state index contributed by atoms with van der Waals surface area (Å²) in [5.74, 6) is 1.36. The minimum absolute atomic E-state index is 0.409. The zero-order valence-corrected chi connectivity index (χ0v) is 10.8. The van der Waals surface area contributed by atoms with Crippen molar-refractivity contribution in [3.05, 3.63) is 18.0 Å². The Morgan fingerprint density at radius 1 is 1.50 bits per heavy atom. The number of anilines is 1. The van der Waals surface area contributed by atoms with Crippen molar-refractivity contribution >= 4 is 5.95 Å². The van der Waals surface area contributed by atoms with Gasteiger partial charge in [-0.2, -0.15) is 5.26 Å². The van der Waals surface area contributed by atoms with Gasteiger partial charge < -0.3 is 10.2 Å². The van der Waals surface area contributed by atoms with E-state index < -0.39 is 0 Å². The largest absolute Gasteiger partial charge is 0.354 e. The Balaban J connectivity index is 1.73. The molecule has 0 bridgehead atoms. The summed E-state index contributed by atoms with van der Waals surface area (Å²) < 4.78 is 0. The fourth-order valence-corrected chi connectivity index (χ4v) is 2.24. The van der Waals surface area contributed by atoms with Gasteiger partial charge in [0.25, 0.3) is 0 Å². The molecular formula is C13H19N5. The predicted molar refractivity (Wildman–Crippen MR) is 70.1 cm³/mol. The van der Waals surface area contributed by atoms with E-state index in [-0.39, 0.29) is 0 Å². The molecule has 0 radical (unpaired) electrons. The predicted octanol–water partition coefficient (Wildman–Crippen LogP) is 1.49. The summed E-state index contributed by atoms with van der Waals surface area (Å²) in [5, 5.41) is 11.9. The van der Waals surface area contributed by atoms with E-state index in [2.05, 4.69) is 27.2 Å². The maximum absolute atomic E-state index is 8.74. The topological polar surface area (TPSA) is 64.8 Å². The molecule has 1 fully saturated rings. The Labute approximate surface area is 108 Å². The van der Waals surface area contributed by atoms with Gasteiger partial charge in [-0.1, -0.05) is 0 Å². The third kappa shape index (κ3) is 3.67. The highest BCUT2D eigenvalue weighted by atomic mass is 15.1. The summed E-state index contributed by atoms with van der Waals surface area (Å²) in [4.78, 5) is 10.6. The van der Waals surface area contributed by atoms with Crippen LogP contribution in [0, 0.1) is 17.2 Å². The maximum atomic E-state index is 8.74. The Bertz CT molecular complexity index is 418. The molecule has 0 saturated carbocycles. The van der Waals surface area contributed by atoms with E-state index in [4.69, 9.17) is 5.26 Å². The second-order valence-corrected chi connectivity index (χ2v) is 4.84. The average molecular weight is 245 g/mol. The standard InChI is InChI=1S/C13H19N5/c1-18-8-4-11(5-9-18)2-6-15-13-16-7-3-12(10-14)17-13/h3,7,11H,2,4-6,8-9H2,1H3,(H,15,16,17). The molecule has 1 aliphatic heterocycles. The van der Waals surface area contributed by atoms with Gasteiger partial charge in [-0.25, -0.2) is 9.97 Å². The third-order valence-corrected chi connectivity index (χ3v) is 3.44. The van der Waals surface area contributed by atoms with Crippen LogP contribution in [-0.4, -0.2) is 41.5 Å². The van der Waals surface area contributed by atoms with Crippen molar-refractivity contribution in [2.45, 2.75) is 19.3 Å². The second-order valence-electron chi connectivity index (χ2n) is 4.84. The minimum atomic E-state index is 0.409. The quantitative estimate of drug-likeness (QED) is 0.870. The summed E-state index contributed by atoms with van der Waals surface area (Å²) in [5.41, 5.74) is 0.409. The molecule has 1 aromatic rings. The molecule has 0 atom stereocenters. The molecule has 0 unspecified atom stereocenters. The first-order valence-electron chi connectivity index (χ1n) is 6.43. The van der Waals surface area contributed by atoms with Crippen LogP contribution in [0.4, 0.5) is 5.95 Å². The summed E-state index contributed by atoms with van der Waals surface area (Å²) in [7, 11) is 2.18. The molecule has 5 nitrogen and oxygen atoms in total. The summed E-state index contributed by atoms with van der Waals surface area (Å²) in [6.07, 6.45) is 5.31. The van der Waals surface area contributed by atoms with Gasteiger partial charge in [0.2, 0.25) is 5.95 Å². The Morgan fingerprint density at radius 2 is 2.28 bits per heavy atom. The summed E-state index contributed by atoms with van der Waals surface area (Å²) in [6, 6.07) is 3.63. The van der Waals surface area contributed by atoms with E-state index in [1.165, 1.54) is 25.9 Å². The molecule has 2 heterocycles. The van der Waals surface area contributed by atoms with Crippen LogP contribution in [0.15, 0.2) is 12.3 Å². The van der Waals surface area contributed by atoms with Gasteiger partial charge in [-0.15, -0.1) is 0 Å². The minimum Gasteiger partial charge on any atom is -0.354 e. The lowest BCUT2D eigenvalue weighted by molar-refractivity contribution is 0.215. The van der Waals surface area contributed by atoms with Crippen molar-refractivity contribution < 1.29 is 0 Å². The SMILES string of the molecule is CN1CCC(CCNc2nccc(C#N)n2)CC1. The van der Waals surface area contributed by atoms with Crippen molar-refractivity contribution in [1.82, 2.24) is 14.9 Å². The number of aromatic nitrogens is 2. The van der Waals surface area contributed by atoms with Gasteiger partial charge in [0.15, 0.2) is 0 Å². The Hall–Kier alpha value is -1.67. The molecule has 1 N–H and O–H groups in total. The van der Waals surface area contributed by atoms with Crippen LogP contribution in [-0.2, 0) is 0 Å². The molecule has 1 aliphatic rings. The zero-order chi connectivity index (χ0) is 12.8. The van der Waals surface area contributed by atoms with E-state index >= 15 is 0 Å². The van der Waals surface area contributed by atoms with Crippen LogP contribution in [0.5, 0.6) is 0 Å². The molecule has 0 aromatic carbocycles. The third-order valence-electron chi connectivity index (χ3n) is 3.44. The normalized spacial score (nSPS) is 17.3. The molecule has 0 aliphatic carbocycles. The highest BCUT2D eigenvalue weighted by Crippen LogP contribution is 2.19. The number of hydrogen-bond donors (Lipinski definition) is 1. The number of nitrogens with zero attached hydrogens (tertiary/aromatic N) is 4. The average Bonchev–Trinajstić information content (AvgIpc) is 2.41. The Morgan fingerprint density at radius 3 is 3.00 bits per heavy atom.